The predicted octanol–water partition coefficient (Wildman–Crippen LogP) is 1.37. The van der Waals surface area contributed by atoms with E-state index in [2.05, 4.69) is 5.32 Å². The number of nitrogens with zero attached hydrogens (tertiary/aromatic N) is 1. The first-order chi connectivity index (χ1) is 14.2. The molecule has 1 N–H and O–H groups in total. The Balaban J connectivity index is 1.81. The standard InChI is InChI=1S/C20H26N2O8/c1-12-6-16(23)14(15(12)10-22(26)27)8-20(25)30-11-19(24)21-9-13-4-5-17(28-2)18(7-13)29-3/h4-5,7,12,14-15H,6,8-11H2,1-3H3,(H,21,24)/t12-,14-,15+/m0/s1. The molecule has 10 nitrogen and oxygen atoms in total. The van der Waals surface area contributed by atoms with Crippen LogP contribution in [0.5, 0.6) is 11.5 Å². The number of Topliss-reactive ketones (excluding diaryl/α,β-unsaturated/α-hetero) is 1. The van der Waals surface area contributed by atoms with Gasteiger partial charge in [-0.3, -0.25) is 24.5 Å². The van der Waals surface area contributed by atoms with Crippen molar-refractivity contribution in [2.24, 2.45) is 17.8 Å². The maximum absolute atomic E-state index is 12.1. The lowest BCUT2D eigenvalue weighted by molar-refractivity contribution is -0.490. The molecule has 2 rings (SSSR count). The molecule has 1 amide bonds. The van der Waals surface area contributed by atoms with Crippen LogP contribution in [0.4, 0.5) is 0 Å². The zero-order valence-corrected chi connectivity index (χ0v) is 17.2. The van der Waals surface area contributed by atoms with E-state index in [1.54, 1.807) is 25.1 Å². The zero-order valence-electron chi connectivity index (χ0n) is 17.2. The van der Waals surface area contributed by atoms with Crippen LogP contribution in [0, 0.1) is 27.9 Å². The van der Waals surface area contributed by atoms with Gasteiger partial charge in [0.15, 0.2) is 18.1 Å². The summed E-state index contributed by atoms with van der Waals surface area (Å²) in [5.74, 6) is -1.73. The topological polar surface area (TPSA) is 134 Å². The fourth-order valence-electron chi connectivity index (χ4n) is 3.63. The van der Waals surface area contributed by atoms with Crippen LogP contribution in [0.3, 0.4) is 0 Å². The molecule has 1 aromatic carbocycles. The third kappa shape index (κ3) is 6.16. The Morgan fingerprint density at radius 3 is 2.57 bits per heavy atom. The van der Waals surface area contributed by atoms with Gasteiger partial charge in [0.2, 0.25) is 6.54 Å². The maximum Gasteiger partial charge on any atom is 0.307 e. The Kier molecular flexibility index (Phi) is 8.14. The molecule has 0 radical (unpaired) electrons. The second-order valence-corrected chi connectivity index (χ2v) is 7.26. The van der Waals surface area contributed by atoms with Crippen molar-refractivity contribution < 1.29 is 33.5 Å². The van der Waals surface area contributed by atoms with E-state index in [0.29, 0.717) is 11.5 Å². The van der Waals surface area contributed by atoms with Crippen LogP contribution in [0.25, 0.3) is 0 Å². The van der Waals surface area contributed by atoms with Gasteiger partial charge in [-0.1, -0.05) is 13.0 Å². The lowest BCUT2D eigenvalue weighted by Gasteiger charge is -2.17. The van der Waals surface area contributed by atoms with Crippen molar-refractivity contribution >= 4 is 17.7 Å². The molecule has 0 aromatic heterocycles. The maximum atomic E-state index is 12.1. The van der Waals surface area contributed by atoms with E-state index in [1.807, 2.05) is 0 Å². The molecule has 0 spiro atoms. The molecule has 30 heavy (non-hydrogen) atoms. The number of nitro groups is 1. The first kappa shape index (κ1) is 23.1. The van der Waals surface area contributed by atoms with E-state index in [1.165, 1.54) is 14.2 Å². The summed E-state index contributed by atoms with van der Waals surface area (Å²) in [6.45, 7) is 1.10. The van der Waals surface area contributed by atoms with Gasteiger partial charge in [-0.15, -0.1) is 0 Å². The lowest BCUT2D eigenvalue weighted by Crippen LogP contribution is -2.30. The smallest absolute Gasteiger partial charge is 0.307 e. The van der Waals surface area contributed by atoms with Crippen LogP contribution >= 0.6 is 0 Å². The first-order valence-electron chi connectivity index (χ1n) is 9.52. The van der Waals surface area contributed by atoms with Crippen LogP contribution in [0.1, 0.15) is 25.3 Å². The van der Waals surface area contributed by atoms with Gasteiger partial charge in [0.05, 0.1) is 20.6 Å². The third-order valence-electron chi connectivity index (χ3n) is 5.23. The largest absolute Gasteiger partial charge is 0.493 e. The van der Waals surface area contributed by atoms with Crippen LogP contribution in [-0.4, -0.2) is 50.0 Å². The number of amides is 1. The molecule has 1 saturated carbocycles. The third-order valence-corrected chi connectivity index (χ3v) is 5.23. The van der Waals surface area contributed by atoms with E-state index in [-0.39, 0.29) is 37.6 Å². The highest BCUT2D eigenvalue weighted by Gasteiger charge is 2.44. The summed E-state index contributed by atoms with van der Waals surface area (Å²) >= 11 is 0. The Morgan fingerprint density at radius 2 is 1.93 bits per heavy atom. The lowest BCUT2D eigenvalue weighted by atomic mass is 9.88. The van der Waals surface area contributed by atoms with Crippen LogP contribution in [0.15, 0.2) is 18.2 Å². The number of hydrogen-bond donors (Lipinski definition) is 1. The average Bonchev–Trinajstić information content (AvgIpc) is 2.96. The number of ether oxygens (including phenoxy) is 3. The van der Waals surface area contributed by atoms with Crippen molar-refractivity contribution in [1.29, 1.82) is 0 Å². The fourth-order valence-corrected chi connectivity index (χ4v) is 3.63. The van der Waals surface area contributed by atoms with E-state index >= 15 is 0 Å². The molecule has 1 aliphatic rings. The van der Waals surface area contributed by atoms with Gasteiger partial charge in [-0.05, 0) is 23.6 Å². The van der Waals surface area contributed by atoms with Crippen molar-refractivity contribution in [3.05, 3.63) is 33.9 Å². The van der Waals surface area contributed by atoms with Crippen LogP contribution in [0.2, 0.25) is 0 Å². The quantitative estimate of drug-likeness (QED) is 0.339. The number of carbonyl (C=O) groups is 3. The van der Waals surface area contributed by atoms with E-state index in [4.69, 9.17) is 14.2 Å². The van der Waals surface area contributed by atoms with Crippen molar-refractivity contribution in [2.45, 2.75) is 26.3 Å². The number of hydrogen-bond acceptors (Lipinski definition) is 8. The minimum Gasteiger partial charge on any atom is -0.493 e. The highest BCUT2D eigenvalue weighted by atomic mass is 16.6. The van der Waals surface area contributed by atoms with E-state index in [9.17, 15) is 24.5 Å². The molecule has 1 aromatic rings. The minimum absolute atomic E-state index is 0.162. The normalized spacial score (nSPS) is 20.5. The molecular formula is C20H26N2O8. The van der Waals surface area contributed by atoms with Gasteiger partial charge in [0, 0.05) is 29.7 Å². The van der Waals surface area contributed by atoms with Gasteiger partial charge in [-0.2, -0.15) is 0 Å². The number of benzene rings is 1. The van der Waals surface area contributed by atoms with Crippen molar-refractivity contribution in [3.63, 3.8) is 0 Å². The minimum atomic E-state index is -0.743. The molecule has 164 valence electrons. The average molecular weight is 422 g/mol. The SMILES string of the molecule is COc1ccc(CNC(=O)COC(=O)C[C@@H]2C(=O)C[C@H](C)[C@H]2C[N+](=O)[O-])cc1OC. The monoisotopic (exact) mass is 422 g/mol. The summed E-state index contributed by atoms with van der Waals surface area (Å²) in [4.78, 5) is 46.5. The molecule has 3 atom stereocenters. The molecule has 0 saturated heterocycles. The van der Waals surface area contributed by atoms with Gasteiger partial charge in [0.25, 0.3) is 5.91 Å². The molecule has 1 fully saturated rings. The molecular weight excluding hydrogens is 396 g/mol. The second kappa shape index (κ2) is 10.6. The van der Waals surface area contributed by atoms with Crippen molar-refractivity contribution in [2.75, 3.05) is 27.4 Å². The molecule has 10 heteroatoms. The fraction of sp³-hybridized carbons (Fsp3) is 0.550. The Hall–Kier alpha value is -3.17. The highest BCUT2D eigenvalue weighted by molar-refractivity contribution is 5.88. The number of ketones is 1. The molecule has 0 unspecified atom stereocenters. The number of rotatable bonds is 10. The predicted molar refractivity (Wildman–Crippen MR) is 105 cm³/mol. The van der Waals surface area contributed by atoms with Gasteiger partial charge in [-0.25, -0.2) is 0 Å². The Bertz CT molecular complexity index is 810. The van der Waals surface area contributed by atoms with Crippen LogP contribution < -0.4 is 14.8 Å². The summed E-state index contributed by atoms with van der Waals surface area (Å²) in [6.07, 6.45) is -0.0487. The zero-order chi connectivity index (χ0) is 22.3. The summed E-state index contributed by atoms with van der Waals surface area (Å²) in [6, 6.07) is 5.19. The number of nitrogens with one attached hydrogen (secondary N) is 1. The number of esters is 1. The van der Waals surface area contributed by atoms with E-state index in [0.717, 1.165) is 5.56 Å². The summed E-state index contributed by atoms with van der Waals surface area (Å²) in [7, 11) is 3.03. The van der Waals surface area contributed by atoms with Crippen molar-refractivity contribution in [1.82, 2.24) is 5.32 Å². The molecule has 1 aliphatic carbocycles. The van der Waals surface area contributed by atoms with Gasteiger partial charge < -0.3 is 19.5 Å². The summed E-state index contributed by atoms with van der Waals surface area (Å²) in [5.41, 5.74) is 0.764. The Labute approximate surface area is 174 Å². The molecule has 0 heterocycles. The van der Waals surface area contributed by atoms with Crippen molar-refractivity contribution in [3.8, 4) is 11.5 Å². The van der Waals surface area contributed by atoms with Gasteiger partial charge >= 0.3 is 5.97 Å². The summed E-state index contributed by atoms with van der Waals surface area (Å²) in [5, 5.41) is 13.4. The summed E-state index contributed by atoms with van der Waals surface area (Å²) < 4.78 is 15.3. The second-order valence-electron chi connectivity index (χ2n) is 7.26. The molecule has 0 aliphatic heterocycles. The highest BCUT2D eigenvalue weighted by Crippen LogP contribution is 2.36. The number of carbonyl (C=O) groups excluding carboxylic acids is 3. The van der Waals surface area contributed by atoms with E-state index < -0.39 is 35.2 Å². The van der Waals surface area contributed by atoms with Gasteiger partial charge in [0.1, 0.15) is 5.78 Å². The first-order valence-corrected chi connectivity index (χ1v) is 9.52. The van der Waals surface area contributed by atoms with Crippen LogP contribution in [-0.2, 0) is 25.7 Å². The molecule has 0 bridgehead atoms. The number of methoxy groups -OCH3 is 2. The Morgan fingerprint density at radius 1 is 1.23 bits per heavy atom.